The Kier molecular flexibility index (Phi) is 3.70. The third-order valence-electron chi connectivity index (χ3n) is 1.94. The van der Waals surface area contributed by atoms with Crippen LogP contribution in [-0.4, -0.2) is 10.6 Å². The fourth-order valence-electron chi connectivity index (χ4n) is 1.15. The van der Waals surface area contributed by atoms with Crippen LogP contribution in [0.2, 0.25) is 5.15 Å². The lowest BCUT2D eigenvalue weighted by atomic mass is 10.2. The Hall–Kier alpha value is -1.90. The number of benzene rings is 1. The molecule has 0 bridgehead atoms. The first-order valence-electron chi connectivity index (χ1n) is 4.70. The summed E-state index contributed by atoms with van der Waals surface area (Å²) < 4.78 is 3.86. The summed E-state index contributed by atoms with van der Waals surface area (Å²) in [7, 11) is 0. The van der Waals surface area contributed by atoms with Crippen LogP contribution in [0.15, 0.2) is 35.4 Å². The zero-order valence-electron chi connectivity index (χ0n) is 8.59. The number of hydrogen-bond donors (Lipinski definition) is 1. The van der Waals surface area contributed by atoms with E-state index >= 15 is 0 Å². The van der Waals surface area contributed by atoms with E-state index in [1.807, 2.05) is 36.4 Å². The van der Waals surface area contributed by atoms with Gasteiger partial charge >= 0.3 is 0 Å². The van der Waals surface area contributed by atoms with Crippen LogP contribution in [0.4, 0.5) is 5.00 Å². The smallest absolute Gasteiger partial charge is 0.162 e. The predicted molar refractivity (Wildman–Crippen MR) is 69.5 cm³/mol. The van der Waals surface area contributed by atoms with Crippen molar-refractivity contribution in [2.45, 2.75) is 0 Å². The molecule has 0 unspecified atom stereocenters. The van der Waals surface area contributed by atoms with E-state index in [-0.39, 0.29) is 5.15 Å². The highest BCUT2D eigenvalue weighted by molar-refractivity contribution is 7.10. The highest BCUT2D eigenvalue weighted by atomic mass is 35.5. The van der Waals surface area contributed by atoms with Crippen LogP contribution in [-0.2, 0) is 0 Å². The van der Waals surface area contributed by atoms with Crippen molar-refractivity contribution in [3.63, 3.8) is 0 Å². The minimum absolute atomic E-state index is 0.204. The molecule has 6 heteroatoms. The number of hydrogen-bond acceptors (Lipinski definition) is 5. The van der Waals surface area contributed by atoms with Gasteiger partial charge in [-0.2, -0.15) is 14.7 Å². The SMILES string of the molecule is N#Cc1c(Cl)nsc1NN=Cc1ccccc1. The van der Waals surface area contributed by atoms with Crippen LogP contribution < -0.4 is 5.43 Å². The summed E-state index contributed by atoms with van der Waals surface area (Å²) >= 11 is 6.83. The summed E-state index contributed by atoms with van der Waals surface area (Å²) in [5.74, 6) is 0. The number of nitrogens with one attached hydrogen (secondary N) is 1. The van der Waals surface area contributed by atoms with Gasteiger partial charge in [0, 0.05) is 0 Å². The highest BCUT2D eigenvalue weighted by Gasteiger charge is 2.10. The molecule has 0 radical (unpaired) electrons. The van der Waals surface area contributed by atoms with E-state index in [1.165, 1.54) is 0 Å². The summed E-state index contributed by atoms with van der Waals surface area (Å²) in [6.07, 6.45) is 1.66. The minimum atomic E-state index is 0.204. The lowest BCUT2D eigenvalue weighted by Gasteiger charge is -1.95. The molecule has 1 heterocycles. The average molecular weight is 263 g/mol. The first kappa shape index (κ1) is 11.6. The normalized spacial score (nSPS) is 10.4. The van der Waals surface area contributed by atoms with Gasteiger partial charge < -0.3 is 0 Å². The molecule has 0 atom stereocenters. The van der Waals surface area contributed by atoms with E-state index in [9.17, 15) is 0 Å². The van der Waals surface area contributed by atoms with E-state index in [0.717, 1.165) is 17.1 Å². The number of halogens is 1. The van der Waals surface area contributed by atoms with Crippen molar-refractivity contribution in [1.82, 2.24) is 4.37 Å². The number of nitriles is 1. The van der Waals surface area contributed by atoms with Crippen molar-refractivity contribution in [3.8, 4) is 6.07 Å². The van der Waals surface area contributed by atoms with Crippen LogP contribution in [0.5, 0.6) is 0 Å². The first-order chi connectivity index (χ1) is 8.31. The third kappa shape index (κ3) is 2.81. The second-order valence-electron chi connectivity index (χ2n) is 3.07. The van der Waals surface area contributed by atoms with Gasteiger partial charge in [-0.1, -0.05) is 41.9 Å². The minimum Gasteiger partial charge on any atom is -0.266 e. The third-order valence-corrected chi connectivity index (χ3v) is 3.07. The summed E-state index contributed by atoms with van der Waals surface area (Å²) in [4.78, 5) is 0. The molecule has 84 valence electrons. The summed E-state index contributed by atoms with van der Waals surface area (Å²) in [6, 6.07) is 11.6. The van der Waals surface area contributed by atoms with Gasteiger partial charge in [0.1, 0.15) is 16.6 Å². The molecule has 2 rings (SSSR count). The van der Waals surface area contributed by atoms with Crippen molar-refractivity contribution in [2.75, 3.05) is 5.43 Å². The maximum absolute atomic E-state index is 8.84. The van der Waals surface area contributed by atoms with Crippen LogP contribution in [0.25, 0.3) is 0 Å². The Labute approximate surface area is 107 Å². The Morgan fingerprint density at radius 1 is 1.41 bits per heavy atom. The van der Waals surface area contributed by atoms with Crippen LogP contribution in [0, 0.1) is 11.3 Å². The summed E-state index contributed by atoms with van der Waals surface area (Å²) in [5.41, 5.74) is 4.04. The molecule has 1 N–H and O–H groups in total. The predicted octanol–water partition coefficient (Wildman–Crippen LogP) is 3.11. The molecule has 1 aromatic heterocycles. The number of aromatic nitrogens is 1. The Morgan fingerprint density at radius 3 is 2.88 bits per heavy atom. The number of rotatable bonds is 3. The standard InChI is InChI=1S/C11H7ClN4S/c12-10-9(6-13)11(17-16-10)15-14-7-8-4-2-1-3-5-8/h1-5,7,15H. The number of anilines is 1. The second kappa shape index (κ2) is 5.43. The topological polar surface area (TPSA) is 61.1 Å². The van der Waals surface area contributed by atoms with E-state index in [0.29, 0.717) is 10.6 Å². The lowest BCUT2D eigenvalue weighted by molar-refractivity contribution is 1.37. The van der Waals surface area contributed by atoms with Crippen molar-refractivity contribution in [1.29, 1.82) is 5.26 Å². The maximum atomic E-state index is 8.84. The van der Waals surface area contributed by atoms with E-state index in [2.05, 4.69) is 14.9 Å². The van der Waals surface area contributed by atoms with Gasteiger partial charge in [0.2, 0.25) is 0 Å². The molecule has 1 aromatic carbocycles. The van der Waals surface area contributed by atoms with Gasteiger partial charge in [-0.15, -0.1) is 0 Å². The van der Waals surface area contributed by atoms with E-state index < -0.39 is 0 Å². The van der Waals surface area contributed by atoms with Crippen LogP contribution in [0.3, 0.4) is 0 Å². The first-order valence-corrected chi connectivity index (χ1v) is 5.86. The van der Waals surface area contributed by atoms with Gasteiger partial charge in [-0.05, 0) is 17.1 Å². The Morgan fingerprint density at radius 2 is 2.18 bits per heavy atom. The molecule has 0 spiro atoms. The van der Waals surface area contributed by atoms with E-state index in [1.54, 1.807) is 6.21 Å². The molecule has 0 amide bonds. The van der Waals surface area contributed by atoms with Gasteiger partial charge in [-0.3, -0.25) is 5.43 Å². The number of nitrogens with zero attached hydrogens (tertiary/aromatic N) is 3. The quantitative estimate of drug-likeness (QED) is 0.683. The highest BCUT2D eigenvalue weighted by Crippen LogP contribution is 2.27. The Bertz CT molecular complexity index is 571. The molecule has 0 aliphatic rings. The monoisotopic (exact) mass is 262 g/mol. The Balaban J connectivity index is 2.08. The van der Waals surface area contributed by atoms with Crippen molar-refractivity contribution >= 4 is 34.3 Å². The molecule has 0 fully saturated rings. The lowest BCUT2D eigenvalue weighted by Crippen LogP contribution is -1.89. The second-order valence-corrected chi connectivity index (χ2v) is 4.20. The fraction of sp³-hybridized carbons (Fsp3) is 0. The zero-order valence-corrected chi connectivity index (χ0v) is 10.2. The van der Waals surface area contributed by atoms with Crippen LogP contribution in [0.1, 0.15) is 11.1 Å². The van der Waals surface area contributed by atoms with Gasteiger partial charge in [0.15, 0.2) is 5.15 Å². The molecule has 0 saturated carbocycles. The molecule has 2 aromatic rings. The molecule has 0 saturated heterocycles. The maximum Gasteiger partial charge on any atom is 0.162 e. The molecular formula is C11H7ClN4S. The van der Waals surface area contributed by atoms with Gasteiger partial charge in [-0.25, -0.2) is 0 Å². The van der Waals surface area contributed by atoms with Gasteiger partial charge in [0.05, 0.1) is 6.21 Å². The molecule has 0 aliphatic carbocycles. The van der Waals surface area contributed by atoms with Crippen LogP contribution >= 0.6 is 23.1 Å². The summed E-state index contributed by atoms with van der Waals surface area (Å²) in [6.45, 7) is 0. The molecule has 17 heavy (non-hydrogen) atoms. The van der Waals surface area contributed by atoms with Crippen molar-refractivity contribution < 1.29 is 0 Å². The van der Waals surface area contributed by atoms with Crippen molar-refractivity contribution in [2.24, 2.45) is 5.10 Å². The fourth-order valence-corrected chi connectivity index (χ4v) is 2.03. The molecular weight excluding hydrogens is 256 g/mol. The zero-order chi connectivity index (χ0) is 12.1. The summed E-state index contributed by atoms with van der Waals surface area (Å²) in [5, 5.41) is 13.6. The molecule has 0 aliphatic heterocycles. The number of hydrazone groups is 1. The average Bonchev–Trinajstić information content (AvgIpc) is 2.71. The largest absolute Gasteiger partial charge is 0.266 e. The van der Waals surface area contributed by atoms with E-state index in [4.69, 9.17) is 16.9 Å². The van der Waals surface area contributed by atoms with Crippen molar-refractivity contribution in [3.05, 3.63) is 46.6 Å². The van der Waals surface area contributed by atoms with Gasteiger partial charge in [0.25, 0.3) is 0 Å². The molecule has 4 nitrogen and oxygen atoms in total.